The van der Waals surface area contributed by atoms with Crippen molar-refractivity contribution >= 4 is 11.6 Å². The van der Waals surface area contributed by atoms with Gasteiger partial charge in [-0.1, -0.05) is 18.2 Å². The molecule has 3 nitrogen and oxygen atoms in total. The smallest absolute Gasteiger partial charge is 0.255 e. The van der Waals surface area contributed by atoms with E-state index in [1.165, 1.54) is 30.3 Å². The SMILES string of the molecule is Cc1cc(F)ccc1NC(=O)c1cccc(OCc2ccc(F)cc2)c1. The lowest BCUT2D eigenvalue weighted by molar-refractivity contribution is 0.102. The van der Waals surface area contributed by atoms with E-state index in [1.807, 2.05) is 0 Å². The molecule has 0 saturated heterocycles. The molecule has 5 heteroatoms. The van der Waals surface area contributed by atoms with Crippen LogP contribution >= 0.6 is 0 Å². The lowest BCUT2D eigenvalue weighted by Crippen LogP contribution is -2.13. The first-order valence-electron chi connectivity index (χ1n) is 8.06. The maximum Gasteiger partial charge on any atom is 0.255 e. The molecule has 0 aromatic heterocycles. The van der Waals surface area contributed by atoms with Gasteiger partial charge >= 0.3 is 0 Å². The lowest BCUT2D eigenvalue weighted by atomic mass is 10.1. The third kappa shape index (κ3) is 4.45. The van der Waals surface area contributed by atoms with Crippen molar-refractivity contribution in [1.29, 1.82) is 0 Å². The molecular formula is C21H17F2NO2. The summed E-state index contributed by atoms with van der Waals surface area (Å²) in [7, 11) is 0. The summed E-state index contributed by atoms with van der Waals surface area (Å²) in [5, 5.41) is 2.76. The number of amides is 1. The molecule has 0 aliphatic heterocycles. The molecule has 0 saturated carbocycles. The van der Waals surface area contributed by atoms with Gasteiger partial charge in [-0.05, 0) is 66.6 Å². The van der Waals surface area contributed by atoms with Gasteiger partial charge in [0.2, 0.25) is 0 Å². The fraction of sp³-hybridized carbons (Fsp3) is 0.0952. The molecular weight excluding hydrogens is 336 g/mol. The standard InChI is InChI=1S/C21H17F2NO2/c1-14-11-18(23)9-10-20(14)24-21(25)16-3-2-4-19(12-16)26-13-15-5-7-17(22)8-6-15/h2-12H,13H2,1H3,(H,24,25). The van der Waals surface area contributed by atoms with Gasteiger partial charge in [0.15, 0.2) is 0 Å². The first kappa shape index (κ1) is 17.6. The van der Waals surface area contributed by atoms with Gasteiger partial charge in [-0.2, -0.15) is 0 Å². The molecule has 3 rings (SSSR count). The van der Waals surface area contributed by atoms with Crippen LogP contribution in [0, 0.1) is 18.6 Å². The van der Waals surface area contributed by atoms with Crippen LogP contribution in [-0.2, 0) is 6.61 Å². The summed E-state index contributed by atoms with van der Waals surface area (Å²) in [5.74, 6) is -0.440. The highest BCUT2D eigenvalue weighted by atomic mass is 19.1. The highest BCUT2D eigenvalue weighted by molar-refractivity contribution is 6.04. The van der Waals surface area contributed by atoms with Gasteiger partial charge in [0.05, 0.1) is 0 Å². The van der Waals surface area contributed by atoms with Gasteiger partial charge in [-0.15, -0.1) is 0 Å². The Bertz CT molecular complexity index is 924. The van der Waals surface area contributed by atoms with Gasteiger partial charge in [-0.25, -0.2) is 8.78 Å². The Morgan fingerprint density at radius 3 is 2.42 bits per heavy atom. The van der Waals surface area contributed by atoms with E-state index in [4.69, 9.17) is 4.74 Å². The Morgan fingerprint density at radius 1 is 0.962 bits per heavy atom. The fourth-order valence-electron chi connectivity index (χ4n) is 2.44. The van der Waals surface area contributed by atoms with Crippen LogP contribution in [0.25, 0.3) is 0 Å². The van der Waals surface area contributed by atoms with Crippen LogP contribution in [0.15, 0.2) is 66.7 Å². The molecule has 0 bridgehead atoms. The molecule has 0 aliphatic carbocycles. The number of carbonyl (C=O) groups excluding carboxylic acids is 1. The molecule has 0 radical (unpaired) electrons. The highest BCUT2D eigenvalue weighted by Gasteiger charge is 2.09. The summed E-state index contributed by atoms with van der Waals surface area (Å²) >= 11 is 0. The maximum atomic E-state index is 13.2. The summed E-state index contributed by atoms with van der Waals surface area (Å²) in [5.41, 5.74) is 2.43. The Morgan fingerprint density at radius 2 is 1.69 bits per heavy atom. The summed E-state index contributed by atoms with van der Waals surface area (Å²) in [6, 6.07) is 16.9. The van der Waals surface area contributed by atoms with Crippen LogP contribution in [-0.4, -0.2) is 5.91 Å². The summed E-state index contributed by atoms with van der Waals surface area (Å²) in [6.45, 7) is 1.99. The zero-order valence-corrected chi connectivity index (χ0v) is 14.1. The Balaban J connectivity index is 1.67. The van der Waals surface area contributed by atoms with E-state index in [-0.39, 0.29) is 24.1 Å². The average Bonchev–Trinajstić information content (AvgIpc) is 2.64. The number of halogens is 2. The lowest BCUT2D eigenvalue weighted by Gasteiger charge is -2.10. The molecule has 0 fully saturated rings. The minimum Gasteiger partial charge on any atom is -0.489 e. The van der Waals surface area contributed by atoms with Crippen molar-refractivity contribution < 1.29 is 18.3 Å². The van der Waals surface area contributed by atoms with Gasteiger partial charge in [0, 0.05) is 11.3 Å². The van der Waals surface area contributed by atoms with Crippen LogP contribution in [0.2, 0.25) is 0 Å². The van der Waals surface area contributed by atoms with E-state index < -0.39 is 0 Å². The van der Waals surface area contributed by atoms with E-state index in [2.05, 4.69) is 5.32 Å². The third-order valence-electron chi connectivity index (χ3n) is 3.85. The summed E-state index contributed by atoms with van der Waals surface area (Å²) in [4.78, 5) is 12.4. The number of aryl methyl sites for hydroxylation is 1. The third-order valence-corrected chi connectivity index (χ3v) is 3.85. The van der Waals surface area contributed by atoms with Crippen molar-refractivity contribution in [3.63, 3.8) is 0 Å². The Kier molecular flexibility index (Phi) is 5.27. The van der Waals surface area contributed by atoms with Crippen molar-refractivity contribution in [2.45, 2.75) is 13.5 Å². The van der Waals surface area contributed by atoms with Crippen LogP contribution in [0.5, 0.6) is 5.75 Å². The number of benzene rings is 3. The van der Waals surface area contributed by atoms with Gasteiger partial charge < -0.3 is 10.1 Å². The highest BCUT2D eigenvalue weighted by Crippen LogP contribution is 2.19. The Hall–Kier alpha value is -3.21. The van der Waals surface area contributed by atoms with Gasteiger partial charge in [-0.3, -0.25) is 4.79 Å². The van der Waals surface area contributed by atoms with Crippen molar-refractivity contribution in [3.05, 3.63) is 95.1 Å². The molecule has 1 N–H and O–H groups in total. The number of rotatable bonds is 5. The Labute approximate surface area is 150 Å². The molecule has 3 aromatic rings. The van der Waals surface area contributed by atoms with Gasteiger partial charge in [0.1, 0.15) is 24.0 Å². The van der Waals surface area contributed by atoms with Crippen molar-refractivity contribution in [3.8, 4) is 5.75 Å². The zero-order chi connectivity index (χ0) is 18.5. The second kappa shape index (κ2) is 7.78. The maximum absolute atomic E-state index is 13.2. The number of nitrogens with one attached hydrogen (secondary N) is 1. The molecule has 0 atom stereocenters. The topological polar surface area (TPSA) is 38.3 Å². The predicted octanol–water partition coefficient (Wildman–Crippen LogP) is 5.10. The van der Waals surface area contributed by atoms with E-state index in [1.54, 1.807) is 43.3 Å². The van der Waals surface area contributed by atoms with E-state index in [0.717, 1.165) is 5.56 Å². The molecule has 3 aromatic carbocycles. The normalized spacial score (nSPS) is 10.4. The zero-order valence-electron chi connectivity index (χ0n) is 14.1. The first-order chi connectivity index (χ1) is 12.5. The van der Waals surface area contributed by atoms with Crippen LogP contribution < -0.4 is 10.1 Å². The van der Waals surface area contributed by atoms with E-state index >= 15 is 0 Å². The van der Waals surface area contributed by atoms with Crippen molar-refractivity contribution in [1.82, 2.24) is 0 Å². The largest absolute Gasteiger partial charge is 0.489 e. The van der Waals surface area contributed by atoms with Crippen molar-refractivity contribution in [2.75, 3.05) is 5.32 Å². The fourth-order valence-corrected chi connectivity index (χ4v) is 2.44. The summed E-state index contributed by atoms with van der Waals surface area (Å²) < 4.78 is 31.7. The average molecular weight is 353 g/mol. The number of hydrogen-bond acceptors (Lipinski definition) is 2. The minimum atomic E-state index is -0.350. The second-order valence-electron chi connectivity index (χ2n) is 5.86. The number of ether oxygens (including phenoxy) is 1. The van der Waals surface area contributed by atoms with Crippen LogP contribution in [0.4, 0.5) is 14.5 Å². The number of hydrogen-bond donors (Lipinski definition) is 1. The quantitative estimate of drug-likeness (QED) is 0.693. The molecule has 0 aliphatic rings. The number of anilines is 1. The molecule has 0 unspecified atom stereocenters. The molecule has 1 amide bonds. The predicted molar refractivity (Wildman–Crippen MR) is 96.3 cm³/mol. The molecule has 0 spiro atoms. The minimum absolute atomic E-state index is 0.266. The second-order valence-corrected chi connectivity index (χ2v) is 5.86. The molecule has 132 valence electrons. The van der Waals surface area contributed by atoms with E-state index in [0.29, 0.717) is 22.6 Å². The summed E-state index contributed by atoms with van der Waals surface area (Å²) in [6.07, 6.45) is 0. The monoisotopic (exact) mass is 353 g/mol. The van der Waals surface area contributed by atoms with E-state index in [9.17, 15) is 13.6 Å². The first-order valence-corrected chi connectivity index (χ1v) is 8.06. The molecule has 26 heavy (non-hydrogen) atoms. The number of carbonyl (C=O) groups is 1. The van der Waals surface area contributed by atoms with Crippen molar-refractivity contribution in [2.24, 2.45) is 0 Å². The van der Waals surface area contributed by atoms with Crippen LogP contribution in [0.3, 0.4) is 0 Å². The van der Waals surface area contributed by atoms with Crippen LogP contribution in [0.1, 0.15) is 21.5 Å². The van der Waals surface area contributed by atoms with Gasteiger partial charge in [0.25, 0.3) is 5.91 Å². The molecule has 0 heterocycles.